The van der Waals surface area contributed by atoms with E-state index in [2.05, 4.69) is 25.7 Å². The van der Waals surface area contributed by atoms with Crippen LogP contribution in [-0.4, -0.2) is 33.0 Å². The van der Waals surface area contributed by atoms with Gasteiger partial charge in [0.05, 0.1) is 0 Å². The highest BCUT2D eigenvalue weighted by atomic mass is 16.4. The lowest BCUT2D eigenvalue weighted by molar-refractivity contribution is 0.489. The van der Waals surface area contributed by atoms with Gasteiger partial charge in [0.2, 0.25) is 5.89 Å². The van der Waals surface area contributed by atoms with Crippen molar-refractivity contribution in [2.24, 2.45) is 0 Å². The fraction of sp³-hybridized carbons (Fsp3) is 0.545. The van der Waals surface area contributed by atoms with Gasteiger partial charge in [-0.15, -0.1) is 10.2 Å². The predicted molar refractivity (Wildman–Crippen MR) is 61.2 cm³/mol. The minimum atomic E-state index is 0.507. The number of aromatic amines is 1. The number of nitrogens with one attached hydrogen (secondary N) is 2. The highest BCUT2D eigenvalue weighted by Crippen LogP contribution is 2.18. The van der Waals surface area contributed by atoms with Gasteiger partial charge >= 0.3 is 0 Å². The summed E-state index contributed by atoms with van der Waals surface area (Å²) in [6.45, 7) is 1.02. The normalized spacial score (nSPS) is 15.3. The molecule has 0 atom stereocenters. The molecule has 0 saturated heterocycles. The van der Waals surface area contributed by atoms with Crippen LogP contribution < -0.4 is 5.32 Å². The molecule has 2 heterocycles. The molecule has 2 aromatic heterocycles. The minimum Gasteiger partial charge on any atom is -0.419 e. The smallest absolute Gasteiger partial charge is 0.265 e. The van der Waals surface area contributed by atoms with E-state index in [0.29, 0.717) is 11.8 Å². The Balaban J connectivity index is 1.50. The summed E-state index contributed by atoms with van der Waals surface area (Å²) >= 11 is 0. The van der Waals surface area contributed by atoms with Crippen LogP contribution in [0.25, 0.3) is 11.6 Å². The largest absolute Gasteiger partial charge is 0.419 e. The van der Waals surface area contributed by atoms with Crippen molar-refractivity contribution < 1.29 is 4.42 Å². The molecule has 0 unspecified atom stereocenters. The molecule has 1 aliphatic rings. The molecule has 3 rings (SSSR count). The van der Waals surface area contributed by atoms with Crippen LogP contribution in [0, 0.1) is 0 Å². The lowest BCUT2D eigenvalue weighted by Crippen LogP contribution is -2.17. The first kappa shape index (κ1) is 10.5. The van der Waals surface area contributed by atoms with Gasteiger partial charge < -0.3 is 9.73 Å². The lowest BCUT2D eigenvalue weighted by Gasteiger charge is -1.99. The third-order valence-electron chi connectivity index (χ3n) is 2.78. The van der Waals surface area contributed by atoms with E-state index >= 15 is 0 Å². The number of rotatable bonds is 6. The van der Waals surface area contributed by atoms with Crippen molar-refractivity contribution in [1.29, 1.82) is 0 Å². The maximum Gasteiger partial charge on any atom is 0.265 e. The number of nitrogens with zero attached hydrogens (tertiary/aromatic N) is 3. The van der Waals surface area contributed by atoms with E-state index in [9.17, 15) is 0 Å². The Kier molecular flexibility index (Phi) is 2.87. The summed E-state index contributed by atoms with van der Waals surface area (Å²) in [5.74, 6) is 1.19. The van der Waals surface area contributed by atoms with E-state index in [1.54, 1.807) is 6.20 Å². The second-order valence-electron chi connectivity index (χ2n) is 4.30. The molecule has 2 N–H and O–H groups in total. The molecule has 6 nitrogen and oxygen atoms in total. The highest BCUT2D eigenvalue weighted by molar-refractivity contribution is 5.44. The first-order valence-electron chi connectivity index (χ1n) is 5.97. The van der Waals surface area contributed by atoms with Crippen molar-refractivity contribution in [2.75, 3.05) is 6.54 Å². The third kappa shape index (κ3) is 2.71. The van der Waals surface area contributed by atoms with E-state index in [1.807, 2.05) is 6.07 Å². The molecule has 0 aromatic carbocycles. The van der Waals surface area contributed by atoms with Crippen LogP contribution >= 0.6 is 0 Å². The lowest BCUT2D eigenvalue weighted by atomic mass is 10.3. The molecule has 1 fully saturated rings. The number of H-pyrrole nitrogens is 1. The third-order valence-corrected chi connectivity index (χ3v) is 2.78. The molecular weight excluding hydrogens is 218 g/mol. The molecule has 0 radical (unpaired) electrons. The maximum atomic E-state index is 5.53. The number of hydrogen-bond donors (Lipinski definition) is 2. The zero-order chi connectivity index (χ0) is 11.5. The molecule has 1 saturated carbocycles. The van der Waals surface area contributed by atoms with Gasteiger partial charge in [-0.1, -0.05) is 0 Å². The molecule has 6 heteroatoms. The first-order valence-corrected chi connectivity index (χ1v) is 5.97. The van der Waals surface area contributed by atoms with Crippen molar-refractivity contribution in [1.82, 2.24) is 25.7 Å². The Hall–Kier alpha value is -1.69. The molecular formula is C11H15N5O. The molecule has 2 aromatic rings. The molecule has 0 amide bonds. The second kappa shape index (κ2) is 4.67. The fourth-order valence-electron chi connectivity index (χ4n) is 1.67. The van der Waals surface area contributed by atoms with Gasteiger partial charge in [-0.3, -0.25) is 5.10 Å². The van der Waals surface area contributed by atoms with E-state index in [0.717, 1.165) is 31.1 Å². The summed E-state index contributed by atoms with van der Waals surface area (Å²) in [7, 11) is 0. The molecule has 0 spiro atoms. The van der Waals surface area contributed by atoms with E-state index in [1.165, 1.54) is 12.8 Å². The van der Waals surface area contributed by atoms with Crippen LogP contribution in [0.2, 0.25) is 0 Å². The summed E-state index contributed by atoms with van der Waals surface area (Å²) in [6, 6.07) is 2.57. The zero-order valence-electron chi connectivity index (χ0n) is 9.52. The average molecular weight is 233 g/mol. The van der Waals surface area contributed by atoms with Crippen molar-refractivity contribution in [3.8, 4) is 11.6 Å². The number of aromatic nitrogens is 4. The van der Waals surface area contributed by atoms with Crippen LogP contribution in [0.15, 0.2) is 16.7 Å². The Morgan fingerprint density at radius 3 is 3.12 bits per heavy atom. The van der Waals surface area contributed by atoms with Gasteiger partial charge in [-0.25, -0.2) is 0 Å². The average Bonchev–Trinajstić information content (AvgIpc) is 2.84. The van der Waals surface area contributed by atoms with Gasteiger partial charge in [-0.2, -0.15) is 5.10 Å². The standard InChI is InChI=1S/C11H15N5O/c1(6-12-8-3-4-8)2-10-15-16-11(17-10)9-5-7-13-14-9/h5,7-8,12H,1-4,6H2,(H,13,14). The predicted octanol–water partition coefficient (Wildman–Crippen LogP) is 1.14. The van der Waals surface area contributed by atoms with Gasteiger partial charge in [0.25, 0.3) is 5.89 Å². The van der Waals surface area contributed by atoms with E-state index < -0.39 is 0 Å². The Labute approximate surface area is 98.8 Å². The molecule has 0 bridgehead atoms. The second-order valence-corrected chi connectivity index (χ2v) is 4.30. The van der Waals surface area contributed by atoms with Crippen LogP contribution in [0.1, 0.15) is 25.2 Å². The Morgan fingerprint density at radius 1 is 1.41 bits per heavy atom. The highest BCUT2D eigenvalue weighted by Gasteiger charge is 2.19. The van der Waals surface area contributed by atoms with Gasteiger partial charge in [0.1, 0.15) is 5.69 Å². The maximum absolute atomic E-state index is 5.53. The quantitative estimate of drug-likeness (QED) is 0.731. The summed E-state index contributed by atoms with van der Waals surface area (Å²) in [5.41, 5.74) is 0.764. The van der Waals surface area contributed by atoms with Crippen molar-refractivity contribution >= 4 is 0 Å². The van der Waals surface area contributed by atoms with Crippen molar-refractivity contribution in [3.63, 3.8) is 0 Å². The molecule has 1 aliphatic carbocycles. The summed E-state index contributed by atoms with van der Waals surface area (Å²) < 4.78 is 5.53. The molecule has 0 aliphatic heterocycles. The van der Waals surface area contributed by atoms with Gasteiger partial charge in [0, 0.05) is 18.7 Å². The van der Waals surface area contributed by atoms with Crippen LogP contribution in [-0.2, 0) is 6.42 Å². The SMILES string of the molecule is c1cc(-c2nnc(CCCNC3CC3)o2)[nH]n1. The van der Waals surface area contributed by atoms with Crippen LogP contribution in [0.5, 0.6) is 0 Å². The van der Waals surface area contributed by atoms with E-state index in [-0.39, 0.29) is 0 Å². The summed E-state index contributed by atoms with van der Waals surface area (Å²) in [4.78, 5) is 0. The molecule has 17 heavy (non-hydrogen) atoms. The number of hydrogen-bond acceptors (Lipinski definition) is 5. The Bertz CT molecular complexity index is 460. The summed E-state index contributed by atoms with van der Waals surface area (Å²) in [5, 5.41) is 18.1. The van der Waals surface area contributed by atoms with Crippen molar-refractivity contribution in [3.05, 3.63) is 18.2 Å². The fourth-order valence-corrected chi connectivity index (χ4v) is 1.67. The number of aryl methyl sites for hydroxylation is 1. The van der Waals surface area contributed by atoms with Crippen molar-refractivity contribution in [2.45, 2.75) is 31.7 Å². The Morgan fingerprint density at radius 2 is 2.35 bits per heavy atom. The first-order chi connectivity index (χ1) is 8.42. The van der Waals surface area contributed by atoms with E-state index in [4.69, 9.17) is 4.42 Å². The molecule has 90 valence electrons. The van der Waals surface area contributed by atoms with Crippen LogP contribution in [0.4, 0.5) is 0 Å². The minimum absolute atomic E-state index is 0.507. The van der Waals surface area contributed by atoms with Gasteiger partial charge in [0.15, 0.2) is 0 Å². The van der Waals surface area contributed by atoms with Gasteiger partial charge in [-0.05, 0) is 31.9 Å². The van der Waals surface area contributed by atoms with Crippen LogP contribution in [0.3, 0.4) is 0 Å². The monoisotopic (exact) mass is 233 g/mol. The topological polar surface area (TPSA) is 79.6 Å². The summed E-state index contributed by atoms with van der Waals surface area (Å²) in [6.07, 6.45) is 6.16. The zero-order valence-corrected chi connectivity index (χ0v) is 9.52.